The molecule has 1 heterocycles. The lowest BCUT2D eigenvalue weighted by molar-refractivity contribution is 0.0635. The molecule has 1 aliphatic rings. The van der Waals surface area contributed by atoms with Crippen molar-refractivity contribution in [2.45, 2.75) is 50.7 Å². The highest BCUT2D eigenvalue weighted by Gasteiger charge is 2.27. The first-order valence-electron chi connectivity index (χ1n) is 12.1. The summed E-state index contributed by atoms with van der Waals surface area (Å²) in [5, 5.41) is 5.54. The Kier molecular flexibility index (Phi) is 7.47. The highest BCUT2D eigenvalue weighted by molar-refractivity contribution is 8.01. The van der Waals surface area contributed by atoms with E-state index in [4.69, 9.17) is 4.74 Å². The van der Waals surface area contributed by atoms with E-state index >= 15 is 0 Å². The monoisotopic (exact) mass is 525 g/mol. The Morgan fingerprint density at radius 2 is 1.59 bits per heavy atom. The molecule has 37 heavy (non-hydrogen) atoms. The number of hydrogen-bond donors (Lipinski definition) is 4. The largest absolute Gasteiger partial charge is 0.444 e. The van der Waals surface area contributed by atoms with Gasteiger partial charge in [0.15, 0.2) is 0 Å². The van der Waals surface area contributed by atoms with Crippen LogP contribution in [0.5, 0.6) is 0 Å². The van der Waals surface area contributed by atoms with Gasteiger partial charge in [0.1, 0.15) is 11.4 Å². The Labute approximate surface area is 217 Å². The van der Waals surface area contributed by atoms with Gasteiger partial charge in [-0.3, -0.25) is 19.0 Å². The van der Waals surface area contributed by atoms with Crippen molar-refractivity contribution >= 4 is 33.5 Å². The predicted molar refractivity (Wildman–Crippen MR) is 146 cm³/mol. The van der Waals surface area contributed by atoms with E-state index in [1.54, 1.807) is 75.4 Å². The van der Waals surface area contributed by atoms with Crippen molar-refractivity contribution in [2.75, 3.05) is 16.4 Å². The minimum atomic E-state index is -2.65. The first kappa shape index (κ1) is 26.5. The zero-order valence-electron chi connectivity index (χ0n) is 21.3. The smallest absolute Gasteiger partial charge is 0.412 e. The summed E-state index contributed by atoms with van der Waals surface area (Å²) in [5.74, 6) is -0.162. The molecule has 196 valence electrons. The fourth-order valence-electron chi connectivity index (χ4n) is 4.10. The van der Waals surface area contributed by atoms with Crippen molar-refractivity contribution in [1.29, 1.82) is 0 Å². The second-order valence-corrected chi connectivity index (χ2v) is 12.9. The second kappa shape index (κ2) is 10.4. The zero-order valence-corrected chi connectivity index (χ0v) is 22.2. The Morgan fingerprint density at radius 3 is 2.19 bits per heavy atom. The third-order valence-electron chi connectivity index (χ3n) is 5.93. The SMILES string of the molecule is CC1CC[SH](=O)(c2ccc(C(=O)Nc3cc(-c4ccc(F)cc4)ccc3NC(=O)OC(C)(C)C)cc2)N1. The number of rotatable bonds is 5. The van der Waals surface area contributed by atoms with E-state index in [9.17, 15) is 18.2 Å². The van der Waals surface area contributed by atoms with Crippen LogP contribution in [0.15, 0.2) is 71.6 Å². The summed E-state index contributed by atoms with van der Waals surface area (Å²) >= 11 is 0. The molecule has 3 aromatic carbocycles. The van der Waals surface area contributed by atoms with Crippen molar-refractivity contribution in [2.24, 2.45) is 0 Å². The van der Waals surface area contributed by atoms with Gasteiger partial charge < -0.3 is 10.1 Å². The summed E-state index contributed by atoms with van der Waals surface area (Å²) in [7, 11) is -2.65. The van der Waals surface area contributed by atoms with Crippen LogP contribution < -0.4 is 15.4 Å². The number of thiol groups is 1. The number of halogens is 1. The van der Waals surface area contributed by atoms with Crippen molar-refractivity contribution in [3.8, 4) is 11.1 Å². The van der Waals surface area contributed by atoms with E-state index in [0.29, 0.717) is 27.6 Å². The third-order valence-corrected chi connectivity index (χ3v) is 8.81. The van der Waals surface area contributed by atoms with Crippen molar-refractivity contribution < 1.29 is 22.9 Å². The van der Waals surface area contributed by atoms with Crippen LogP contribution in [0.3, 0.4) is 0 Å². The zero-order chi connectivity index (χ0) is 26.8. The molecule has 0 aliphatic carbocycles. The lowest BCUT2D eigenvalue weighted by atomic mass is 10.0. The fraction of sp³-hybridized carbons (Fsp3) is 0.286. The molecule has 1 fully saturated rings. The fourth-order valence-corrected chi connectivity index (χ4v) is 6.86. The van der Waals surface area contributed by atoms with Crippen LogP contribution in [0.1, 0.15) is 44.5 Å². The van der Waals surface area contributed by atoms with Crippen molar-refractivity contribution in [3.05, 3.63) is 78.1 Å². The Morgan fingerprint density at radius 1 is 0.946 bits per heavy atom. The minimum Gasteiger partial charge on any atom is -0.444 e. The van der Waals surface area contributed by atoms with Gasteiger partial charge in [0.2, 0.25) is 0 Å². The number of benzene rings is 3. The van der Waals surface area contributed by atoms with Crippen molar-refractivity contribution in [1.82, 2.24) is 4.72 Å². The van der Waals surface area contributed by atoms with Crippen LogP contribution in [0.4, 0.5) is 20.6 Å². The number of anilines is 2. The Balaban J connectivity index is 1.60. The molecule has 0 bridgehead atoms. The normalized spacial score (nSPS) is 17.6. The molecule has 4 rings (SSSR count). The van der Waals surface area contributed by atoms with E-state index in [-0.39, 0.29) is 11.9 Å². The molecule has 3 aromatic rings. The number of carbonyl (C=O) groups is 2. The van der Waals surface area contributed by atoms with Crippen LogP contribution in [0, 0.1) is 5.82 Å². The molecular weight excluding hydrogens is 493 g/mol. The summed E-state index contributed by atoms with van der Waals surface area (Å²) in [4.78, 5) is 26.3. The molecule has 1 atom stereocenters. The molecule has 0 radical (unpaired) electrons. The van der Waals surface area contributed by atoms with E-state index < -0.39 is 27.7 Å². The average Bonchev–Trinajstić information content (AvgIpc) is 3.19. The highest BCUT2D eigenvalue weighted by atomic mass is 32.3. The minimum absolute atomic E-state index is 0.193. The van der Waals surface area contributed by atoms with E-state index in [0.717, 1.165) is 17.5 Å². The number of ether oxygens (including phenoxy) is 1. The van der Waals surface area contributed by atoms with Crippen LogP contribution in [0.25, 0.3) is 11.1 Å². The molecule has 3 N–H and O–H groups in total. The molecule has 0 spiro atoms. The highest BCUT2D eigenvalue weighted by Crippen LogP contribution is 2.31. The molecule has 2 amide bonds. The van der Waals surface area contributed by atoms with E-state index in [1.165, 1.54) is 12.1 Å². The van der Waals surface area contributed by atoms with Gasteiger partial charge >= 0.3 is 6.09 Å². The standard InChI is InChI=1S/C28H32FN3O4S/c1-18-15-16-37(35,32-18)23-12-7-20(8-13-23)26(33)30-25-17-21(19-5-10-22(29)11-6-19)9-14-24(25)31-27(34)36-28(2,3)4/h5-14,17-18,37H,15-16H2,1-4H3,(H,30,33)(H,31,34)(H,32,35). The molecule has 1 unspecified atom stereocenters. The van der Waals surface area contributed by atoms with Crippen molar-refractivity contribution in [3.63, 3.8) is 0 Å². The lowest BCUT2D eigenvalue weighted by Gasteiger charge is -2.21. The van der Waals surface area contributed by atoms with Gasteiger partial charge in [-0.25, -0.2) is 9.18 Å². The van der Waals surface area contributed by atoms with E-state index in [1.807, 2.05) is 6.92 Å². The average molecular weight is 526 g/mol. The first-order chi connectivity index (χ1) is 17.4. The van der Waals surface area contributed by atoms with Crippen LogP contribution in [0.2, 0.25) is 0 Å². The summed E-state index contributed by atoms with van der Waals surface area (Å²) in [6, 6.07) is 18.0. The molecule has 9 heteroatoms. The lowest BCUT2D eigenvalue weighted by Crippen LogP contribution is -2.30. The van der Waals surface area contributed by atoms with Gasteiger partial charge in [-0.15, -0.1) is 0 Å². The summed E-state index contributed by atoms with van der Waals surface area (Å²) < 4.78 is 35.1. The number of carbonyl (C=O) groups excluding carboxylic acids is 2. The predicted octanol–water partition coefficient (Wildman–Crippen LogP) is 5.76. The van der Waals surface area contributed by atoms with Gasteiger partial charge in [0.05, 0.1) is 11.4 Å². The molecular formula is C28H32FN3O4S. The van der Waals surface area contributed by atoms with Crippen LogP contribution in [-0.2, 0) is 14.9 Å². The van der Waals surface area contributed by atoms with Gasteiger partial charge in [-0.2, -0.15) is 0 Å². The van der Waals surface area contributed by atoms with Gasteiger partial charge in [0.25, 0.3) is 5.91 Å². The molecule has 1 saturated heterocycles. The first-order valence-corrected chi connectivity index (χ1v) is 14.0. The Hall–Kier alpha value is -3.56. The maximum atomic E-state index is 13.4. The number of amides is 2. The Bertz CT molecular complexity index is 1350. The number of nitrogens with one attached hydrogen (secondary N) is 3. The molecule has 0 aromatic heterocycles. The summed E-state index contributed by atoms with van der Waals surface area (Å²) in [6.45, 7) is 7.27. The van der Waals surface area contributed by atoms with Gasteiger partial charge in [-0.05, 0) is 104 Å². The third kappa shape index (κ3) is 6.61. The van der Waals surface area contributed by atoms with Gasteiger partial charge in [-0.1, -0.05) is 18.2 Å². The molecule has 0 saturated carbocycles. The summed E-state index contributed by atoms with van der Waals surface area (Å²) in [5.41, 5.74) is 1.84. The summed E-state index contributed by atoms with van der Waals surface area (Å²) in [6.07, 6.45) is 0.182. The maximum absolute atomic E-state index is 13.4. The quantitative estimate of drug-likeness (QED) is 0.318. The van der Waals surface area contributed by atoms with Crippen LogP contribution >= 0.6 is 0 Å². The second-order valence-electron chi connectivity index (χ2n) is 10.2. The van der Waals surface area contributed by atoms with Crippen LogP contribution in [-0.4, -0.2) is 33.6 Å². The van der Waals surface area contributed by atoms with E-state index in [2.05, 4.69) is 15.4 Å². The molecule has 7 nitrogen and oxygen atoms in total. The van der Waals surface area contributed by atoms with Gasteiger partial charge in [0, 0.05) is 22.3 Å². The number of hydrogen-bond acceptors (Lipinski definition) is 4. The topological polar surface area (TPSA) is 96.5 Å². The molecule has 1 aliphatic heterocycles. The maximum Gasteiger partial charge on any atom is 0.412 e.